The van der Waals surface area contributed by atoms with Crippen molar-refractivity contribution in [1.29, 1.82) is 0 Å². The van der Waals surface area contributed by atoms with Gasteiger partial charge in [0.25, 0.3) is 0 Å². The van der Waals surface area contributed by atoms with Crippen LogP contribution in [0.3, 0.4) is 0 Å². The lowest BCUT2D eigenvalue weighted by molar-refractivity contribution is -0.153. The molecule has 1 unspecified atom stereocenters. The molecule has 0 amide bonds. The first kappa shape index (κ1) is 12.9. The molecule has 0 aromatic rings. The maximum absolute atomic E-state index is 11.3. The van der Waals surface area contributed by atoms with Gasteiger partial charge < -0.3 is 8.57 Å². The van der Waals surface area contributed by atoms with Crippen molar-refractivity contribution >= 4 is 44.1 Å². The number of esters is 1. The molecule has 0 aliphatic carbocycles. The van der Waals surface area contributed by atoms with E-state index in [1.54, 1.807) is 13.8 Å². The first-order valence-electron chi connectivity index (χ1n) is 3.72. The average molecular weight is 318 g/mol. The zero-order valence-corrected chi connectivity index (χ0v) is 10.5. The number of alkyl halides is 1. The zero-order chi connectivity index (χ0) is 10.5. The maximum atomic E-state index is 11.3. The second-order valence-corrected chi connectivity index (χ2v) is 3.92. The fourth-order valence-corrected chi connectivity index (χ4v) is 1.37. The molecule has 0 bridgehead atoms. The number of ether oxygens (including phenoxy) is 1. The number of carbonyl (C=O) groups excluding carboxylic acids is 2. The summed E-state index contributed by atoms with van der Waals surface area (Å²) in [6, 6.07) is 0. The molecule has 0 saturated heterocycles. The Bertz CT molecular complexity index is 207. The standard InChI is InChI=1S/C7H10Br2O4/c1-3-7(8,6(11)13-9)5(10)12-4-2/h3-4H2,1-2H3. The third-order valence-corrected chi connectivity index (χ3v) is 2.98. The fraction of sp³-hybridized carbons (Fsp3) is 0.714. The summed E-state index contributed by atoms with van der Waals surface area (Å²) in [5, 5.41) is 0. The average Bonchev–Trinajstić information content (AvgIpc) is 2.15. The molecule has 0 aromatic heterocycles. The molecule has 76 valence electrons. The van der Waals surface area contributed by atoms with E-state index in [-0.39, 0.29) is 13.0 Å². The molecule has 0 spiro atoms. The van der Waals surface area contributed by atoms with Crippen LogP contribution in [0, 0.1) is 0 Å². The van der Waals surface area contributed by atoms with Crippen molar-refractivity contribution in [2.45, 2.75) is 24.6 Å². The molecule has 0 saturated carbocycles. The van der Waals surface area contributed by atoms with Gasteiger partial charge in [0.15, 0.2) is 16.3 Å². The molecule has 0 aliphatic rings. The lowest BCUT2D eigenvalue weighted by Crippen LogP contribution is -2.41. The molecule has 4 nitrogen and oxygen atoms in total. The number of rotatable bonds is 4. The van der Waals surface area contributed by atoms with Crippen LogP contribution in [0.4, 0.5) is 0 Å². The largest absolute Gasteiger partial charge is 0.465 e. The van der Waals surface area contributed by atoms with Gasteiger partial charge in [0.2, 0.25) is 4.32 Å². The number of halogens is 2. The third kappa shape index (κ3) is 2.95. The topological polar surface area (TPSA) is 52.6 Å². The van der Waals surface area contributed by atoms with E-state index in [9.17, 15) is 9.59 Å². The Morgan fingerprint density at radius 3 is 2.15 bits per heavy atom. The summed E-state index contributed by atoms with van der Waals surface area (Å²) >= 11 is 5.52. The van der Waals surface area contributed by atoms with Gasteiger partial charge in [0, 0.05) is 0 Å². The SMILES string of the molecule is CCOC(=O)C(Br)(CC)C(=O)OBr. The number of hydrogen-bond donors (Lipinski definition) is 0. The zero-order valence-electron chi connectivity index (χ0n) is 7.30. The molecule has 0 N–H and O–H groups in total. The van der Waals surface area contributed by atoms with E-state index in [0.29, 0.717) is 0 Å². The Hall–Kier alpha value is -0.100. The lowest BCUT2D eigenvalue weighted by Gasteiger charge is -2.19. The second-order valence-electron chi connectivity index (χ2n) is 2.24. The van der Waals surface area contributed by atoms with Gasteiger partial charge in [-0.3, -0.25) is 0 Å². The first-order valence-corrected chi connectivity index (χ1v) is 5.16. The molecule has 0 aliphatic heterocycles. The van der Waals surface area contributed by atoms with Crippen molar-refractivity contribution in [2.24, 2.45) is 0 Å². The van der Waals surface area contributed by atoms with Crippen molar-refractivity contribution in [3.8, 4) is 0 Å². The summed E-state index contributed by atoms with van der Waals surface area (Å²) in [5.74, 6) is -1.35. The quantitative estimate of drug-likeness (QED) is 0.452. The summed E-state index contributed by atoms with van der Waals surface area (Å²) < 4.78 is 7.62. The molecule has 1 atom stereocenters. The second kappa shape index (κ2) is 5.59. The minimum Gasteiger partial charge on any atom is -0.465 e. The van der Waals surface area contributed by atoms with E-state index in [0.717, 1.165) is 0 Å². The highest BCUT2D eigenvalue weighted by atomic mass is 79.9. The van der Waals surface area contributed by atoms with Gasteiger partial charge in [0.05, 0.1) is 6.61 Å². The molecule has 0 rings (SSSR count). The van der Waals surface area contributed by atoms with Crippen LogP contribution in [-0.2, 0) is 18.2 Å². The van der Waals surface area contributed by atoms with Gasteiger partial charge in [0.1, 0.15) is 0 Å². The van der Waals surface area contributed by atoms with E-state index < -0.39 is 16.3 Å². The predicted octanol–water partition coefficient (Wildman–Crippen LogP) is 1.95. The number of hydrogen-bond acceptors (Lipinski definition) is 4. The van der Waals surface area contributed by atoms with Crippen molar-refractivity contribution in [1.82, 2.24) is 0 Å². The van der Waals surface area contributed by atoms with Gasteiger partial charge in [-0.15, -0.1) is 0 Å². The minimum atomic E-state index is -1.40. The molecule has 13 heavy (non-hydrogen) atoms. The van der Waals surface area contributed by atoms with Gasteiger partial charge in [-0.1, -0.05) is 22.9 Å². The van der Waals surface area contributed by atoms with Gasteiger partial charge in [-0.25, -0.2) is 9.59 Å². The minimum absolute atomic E-state index is 0.224. The maximum Gasteiger partial charge on any atom is 0.345 e. The van der Waals surface area contributed by atoms with Gasteiger partial charge >= 0.3 is 11.9 Å². The molecule has 0 aromatic carbocycles. The van der Waals surface area contributed by atoms with Crippen LogP contribution in [0.15, 0.2) is 0 Å². The summed E-state index contributed by atoms with van der Waals surface area (Å²) in [5.41, 5.74) is 0. The Labute approximate surface area is 93.5 Å². The van der Waals surface area contributed by atoms with E-state index in [1.165, 1.54) is 0 Å². The van der Waals surface area contributed by atoms with Crippen LogP contribution in [0.2, 0.25) is 0 Å². The van der Waals surface area contributed by atoms with E-state index in [2.05, 4.69) is 36.0 Å². The Kier molecular flexibility index (Phi) is 5.55. The normalized spacial score (nSPS) is 14.5. The van der Waals surface area contributed by atoms with Crippen LogP contribution in [0.5, 0.6) is 0 Å². The van der Waals surface area contributed by atoms with Crippen molar-refractivity contribution in [2.75, 3.05) is 6.61 Å². The van der Waals surface area contributed by atoms with Gasteiger partial charge in [-0.05, 0) is 13.3 Å². The lowest BCUT2D eigenvalue weighted by atomic mass is 10.1. The third-order valence-electron chi connectivity index (χ3n) is 1.48. The van der Waals surface area contributed by atoms with Crippen LogP contribution >= 0.6 is 32.2 Å². The molecule has 0 radical (unpaired) electrons. The van der Waals surface area contributed by atoms with Crippen LogP contribution in [0.25, 0.3) is 0 Å². The molecular weight excluding hydrogens is 308 g/mol. The Morgan fingerprint density at radius 2 is 1.85 bits per heavy atom. The first-order chi connectivity index (χ1) is 6.02. The van der Waals surface area contributed by atoms with E-state index in [4.69, 9.17) is 4.74 Å². The fourth-order valence-electron chi connectivity index (χ4n) is 0.679. The van der Waals surface area contributed by atoms with Crippen molar-refractivity contribution < 1.29 is 18.2 Å². The highest BCUT2D eigenvalue weighted by molar-refractivity contribution is 9.10. The Balaban J connectivity index is 4.61. The van der Waals surface area contributed by atoms with Gasteiger partial charge in [-0.2, -0.15) is 0 Å². The summed E-state index contributed by atoms with van der Waals surface area (Å²) in [7, 11) is 0. The Morgan fingerprint density at radius 1 is 1.31 bits per heavy atom. The van der Waals surface area contributed by atoms with E-state index >= 15 is 0 Å². The van der Waals surface area contributed by atoms with Crippen molar-refractivity contribution in [3.05, 3.63) is 0 Å². The smallest absolute Gasteiger partial charge is 0.345 e. The van der Waals surface area contributed by atoms with E-state index in [1.807, 2.05) is 0 Å². The predicted molar refractivity (Wildman–Crippen MR) is 53.6 cm³/mol. The molecule has 0 heterocycles. The molecule has 0 fully saturated rings. The molecular formula is C7H10Br2O4. The number of carbonyl (C=O) groups is 2. The summed E-state index contributed by atoms with van der Waals surface area (Å²) in [4.78, 5) is 22.5. The van der Waals surface area contributed by atoms with Crippen LogP contribution < -0.4 is 0 Å². The highest BCUT2D eigenvalue weighted by Crippen LogP contribution is 2.26. The van der Waals surface area contributed by atoms with Crippen LogP contribution in [0.1, 0.15) is 20.3 Å². The summed E-state index contributed by atoms with van der Waals surface area (Å²) in [6.45, 7) is 3.57. The molecule has 6 heteroatoms. The van der Waals surface area contributed by atoms with Crippen LogP contribution in [-0.4, -0.2) is 22.9 Å². The monoisotopic (exact) mass is 316 g/mol. The van der Waals surface area contributed by atoms with Crippen molar-refractivity contribution in [3.63, 3.8) is 0 Å². The summed E-state index contributed by atoms with van der Waals surface area (Å²) in [6.07, 6.45) is 0.260. The highest BCUT2D eigenvalue weighted by Gasteiger charge is 2.45.